The van der Waals surface area contributed by atoms with Gasteiger partial charge in [0, 0.05) is 18.5 Å². The van der Waals surface area contributed by atoms with Gasteiger partial charge in [-0.2, -0.15) is 0 Å². The van der Waals surface area contributed by atoms with E-state index in [9.17, 15) is 0 Å². The van der Waals surface area contributed by atoms with Crippen molar-refractivity contribution < 1.29 is 0 Å². The Bertz CT molecular complexity index is 393. The molecule has 0 aromatic carbocycles. The fraction of sp³-hybridized carbons (Fsp3) is 0.905. The van der Waals surface area contributed by atoms with Crippen LogP contribution >= 0.6 is 9.24 Å². The lowest BCUT2D eigenvalue weighted by Gasteiger charge is -2.43. The summed E-state index contributed by atoms with van der Waals surface area (Å²) in [6.07, 6.45) is 8.06. The topological polar surface area (TPSA) is 3.24 Å². The molecule has 0 saturated carbocycles. The first-order valence-corrected chi connectivity index (χ1v) is 10.1. The van der Waals surface area contributed by atoms with Crippen molar-refractivity contribution in [2.45, 2.75) is 87.0 Å². The van der Waals surface area contributed by atoms with Crippen LogP contribution in [0.1, 0.15) is 87.0 Å². The van der Waals surface area contributed by atoms with Crippen LogP contribution in [0.25, 0.3) is 0 Å². The van der Waals surface area contributed by atoms with Gasteiger partial charge >= 0.3 is 0 Å². The Morgan fingerprint density at radius 1 is 1.26 bits per heavy atom. The summed E-state index contributed by atoms with van der Waals surface area (Å²) in [5.74, 6) is 0.782. The van der Waals surface area contributed by atoms with Crippen molar-refractivity contribution in [1.82, 2.24) is 4.90 Å². The first kappa shape index (κ1) is 21.0. The van der Waals surface area contributed by atoms with Crippen LogP contribution in [-0.4, -0.2) is 18.0 Å². The van der Waals surface area contributed by atoms with E-state index in [-0.39, 0.29) is 0 Å². The van der Waals surface area contributed by atoms with Crippen LogP contribution in [0.3, 0.4) is 0 Å². The van der Waals surface area contributed by atoms with Crippen molar-refractivity contribution in [3.8, 4) is 0 Å². The highest BCUT2D eigenvalue weighted by atomic mass is 31.0. The molecule has 0 bridgehead atoms. The number of hydrogen-bond donors (Lipinski definition) is 0. The lowest BCUT2D eigenvalue weighted by Crippen LogP contribution is -2.40. The van der Waals surface area contributed by atoms with Gasteiger partial charge in [-0.25, -0.2) is 0 Å². The Balaban J connectivity index is 2.49. The van der Waals surface area contributed by atoms with Gasteiger partial charge in [-0.3, -0.25) is 0 Å². The first-order valence-electron chi connectivity index (χ1n) is 9.54. The Kier molecular flexibility index (Phi) is 7.22. The molecule has 1 rings (SSSR count). The third-order valence-corrected chi connectivity index (χ3v) is 6.41. The Morgan fingerprint density at radius 2 is 1.87 bits per heavy atom. The van der Waals surface area contributed by atoms with Crippen LogP contribution in [0.5, 0.6) is 0 Å². The molecule has 23 heavy (non-hydrogen) atoms. The Hall–Kier alpha value is -0.0300. The van der Waals surface area contributed by atoms with Gasteiger partial charge in [0.25, 0.3) is 0 Å². The van der Waals surface area contributed by atoms with E-state index in [1.807, 2.05) is 0 Å². The monoisotopic (exact) mass is 339 g/mol. The molecular formula is C21H42NP. The summed E-state index contributed by atoms with van der Waals surface area (Å²) in [6.45, 7) is 23.5. The van der Waals surface area contributed by atoms with E-state index in [1.54, 1.807) is 0 Å². The summed E-state index contributed by atoms with van der Waals surface area (Å²) in [7, 11) is 2.78. The zero-order chi connectivity index (χ0) is 17.9. The van der Waals surface area contributed by atoms with Crippen molar-refractivity contribution >= 4 is 9.24 Å². The summed E-state index contributed by atoms with van der Waals surface area (Å²) in [5.41, 5.74) is 2.52. The second-order valence-electron chi connectivity index (χ2n) is 10.3. The third-order valence-electron chi connectivity index (χ3n) is 6.04. The zero-order valence-electron chi connectivity index (χ0n) is 17.0. The van der Waals surface area contributed by atoms with Crippen molar-refractivity contribution in [1.29, 1.82) is 0 Å². The van der Waals surface area contributed by atoms with Gasteiger partial charge < -0.3 is 4.90 Å². The minimum atomic E-state index is 0.436. The van der Waals surface area contributed by atoms with Gasteiger partial charge in [-0.1, -0.05) is 70.7 Å². The second-order valence-corrected chi connectivity index (χ2v) is 11.0. The summed E-state index contributed by atoms with van der Waals surface area (Å²) in [6, 6.07) is 0. The molecule has 1 nitrogen and oxygen atoms in total. The van der Waals surface area contributed by atoms with Crippen LogP contribution in [0, 0.1) is 22.2 Å². The molecule has 0 spiro atoms. The third kappa shape index (κ3) is 7.16. The van der Waals surface area contributed by atoms with E-state index < -0.39 is 0 Å². The van der Waals surface area contributed by atoms with Gasteiger partial charge in [0.2, 0.25) is 0 Å². The molecule has 1 fully saturated rings. The van der Waals surface area contributed by atoms with E-state index in [0.717, 1.165) is 11.4 Å². The van der Waals surface area contributed by atoms with Crippen LogP contribution in [0.4, 0.5) is 0 Å². The van der Waals surface area contributed by atoms with E-state index in [0.29, 0.717) is 16.2 Å². The van der Waals surface area contributed by atoms with E-state index in [1.165, 1.54) is 51.6 Å². The van der Waals surface area contributed by atoms with Crippen molar-refractivity contribution in [2.24, 2.45) is 22.2 Å². The maximum Gasteiger partial charge on any atom is 0.0234 e. The number of piperidine rings is 1. The van der Waals surface area contributed by atoms with E-state index in [2.05, 4.69) is 69.2 Å². The molecule has 3 atom stereocenters. The predicted octanol–water partition coefficient (Wildman–Crippen LogP) is 6.70. The standard InChI is InChI=1S/C21H42NP/c1-17(15-19(3,4)5)20(6,7)11-9-12-21(8)13-10-14-22(16-21)18(2)23/h17H,2,9-16,23H2,1,3-8H3. The van der Waals surface area contributed by atoms with Gasteiger partial charge in [0.1, 0.15) is 0 Å². The minimum absolute atomic E-state index is 0.436. The molecule has 3 unspecified atom stereocenters. The molecule has 1 aliphatic heterocycles. The molecule has 0 aliphatic carbocycles. The molecule has 136 valence electrons. The largest absolute Gasteiger partial charge is 0.372 e. The molecule has 0 amide bonds. The molecule has 1 saturated heterocycles. The number of rotatable bonds is 7. The highest BCUT2D eigenvalue weighted by Gasteiger charge is 2.33. The lowest BCUT2D eigenvalue weighted by molar-refractivity contribution is 0.106. The summed E-state index contributed by atoms with van der Waals surface area (Å²) >= 11 is 0. The van der Waals surface area contributed by atoms with Gasteiger partial charge in [0.05, 0.1) is 0 Å². The quantitative estimate of drug-likeness (QED) is 0.466. The van der Waals surface area contributed by atoms with Crippen molar-refractivity contribution in [3.63, 3.8) is 0 Å². The van der Waals surface area contributed by atoms with Gasteiger partial charge in [-0.05, 0) is 54.3 Å². The molecule has 2 heteroatoms. The summed E-state index contributed by atoms with van der Waals surface area (Å²) in [5, 5.41) is 0. The van der Waals surface area contributed by atoms with Crippen LogP contribution in [0.15, 0.2) is 12.0 Å². The van der Waals surface area contributed by atoms with Gasteiger partial charge in [-0.15, -0.1) is 0 Å². The number of nitrogens with zero attached hydrogens (tertiary/aromatic N) is 1. The van der Waals surface area contributed by atoms with E-state index >= 15 is 0 Å². The molecule has 0 aromatic heterocycles. The molecule has 0 N–H and O–H groups in total. The smallest absolute Gasteiger partial charge is 0.0234 e. The average Bonchev–Trinajstić information content (AvgIpc) is 2.36. The predicted molar refractivity (Wildman–Crippen MR) is 109 cm³/mol. The molecule has 1 heterocycles. The highest BCUT2D eigenvalue weighted by molar-refractivity contribution is 7.22. The number of likely N-dealkylation sites (tertiary alicyclic amines) is 1. The fourth-order valence-electron chi connectivity index (χ4n) is 4.18. The van der Waals surface area contributed by atoms with E-state index in [4.69, 9.17) is 0 Å². The Labute approximate surface area is 148 Å². The normalized spacial score (nSPS) is 24.6. The maximum absolute atomic E-state index is 4.11. The van der Waals surface area contributed by atoms with Crippen molar-refractivity contribution in [2.75, 3.05) is 13.1 Å². The van der Waals surface area contributed by atoms with Crippen LogP contribution < -0.4 is 0 Å². The lowest BCUT2D eigenvalue weighted by atomic mass is 9.68. The fourth-order valence-corrected chi connectivity index (χ4v) is 4.40. The SMILES string of the molecule is C=C(P)N1CCCC(C)(CCCC(C)(C)C(C)CC(C)(C)C)C1. The molecular weight excluding hydrogens is 297 g/mol. The summed E-state index contributed by atoms with van der Waals surface area (Å²) in [4.78, 5) is 2.46. The average molecular weight is 340 g/mol. The number of hydrogen-bond acceptors (Lipinski definition) is 1. The molecule has 0 aromatic rings. The van der Waals surface area contributed by atoms with Crippen LogP contribution in [-0.2, 0) is 0 Å². The van der Waals surface area contributed by atoms with Crippen molar-refractivity contribution in [3.05, 3.63) is 12.0 Å². The maximum atomic E-state index is 4.11. The highest BCUT2D eigenvalue weighted by Crippen LogP contribution is 2.42. The summed E-state index contributed by atoms with van der Waals surface area (Å²) < 4.78 is 0. The Morgan fingerprint density at radius 3 is 2.39 bits per heavy atom. The first-order chi connectivity index (χ1) is 10.3. The second kappa shape index (κ2) is 7.90. The zero-order valence-corrected chi connectivity index (χ0v) is 18.1. The molecule has 1 aliphatic rings. The van der Waals surface area contributed by atoms with Gasteiger partial charge in [0.15, 0.2) is 0 Å². The minimum Gasteiger partial charge on any atom is -0.372 e. The molecule has 0 radical (unpaired) electrons. The van der Waals surface area contributed by atoms with Crippen LogP contribution in [0.2, 0.25) is 0 Å².